The Labute approximate surface area is 66.1 Å². The molecule has 0 saturated heterocycles. The first-order chi connectivity index (χ1) is 4.72. The molecule has 0 aromatic carbocycles. The van der Waals surface area contributed by atoms with Crippen molar-refractivity contribution in [3.05, 3.63) is 0 Å². The molecule has 0 heterocycles. The van der Waals surface area contributed by atoms with E-state index in [-0.39, 0.29) is 0 Å². The van der Waals surface area contributed by atoms with Crippen LogP contribution in [0.5, 0.6) is 0 Å². The molecule has 0 aliphatic heterocycles. The summed E-state index contributed by atoms with van der Waals surface area (Å²) in [5.41, 5.74) is 1.43. The molecule has 1 atom stereocenters. The first-order valence-electron chi connectivity index (χ1n) is 4.40. The Kier molecular flexibility index (Phi) is 5.66. The third-order valence-electron chi connectivity index (χ3n) is 1.99. The Bertz CT molecular complexity index is 96.9. The molecule has 0 aliphatic carbocycles. The first kappa shape index (κ1) is 9.93. The van der Waals surface area contributed by atoms with Crippen LogP contribution in [0.4, 0.5) is 0 Å². The molecule has 0 aliphatic rings. The van der Waals surface area contributed by atoms with Crippen molar-refractivity contribution in [3.63, 3.8) is 0 Å². The molecule has 0 rings (SSSR count). The van der Waals surface area contributed by atoms with Gasteiger partial charge in [0.2, 0.25) is 0 Å². The van der Waals surface area contributed by atoms with E-state index in [1.54, 1.807) is 0 Å². The molecule has 1 unspecified atom stereocenters. The molecule has 0 bridgehead atoms. The van der Waals surface area contributed by atoms with E-state index in [1.165, 1.54) is 31.1 Å². The van der Waals surface area contributed by atoms with E-state index in [2.05, 4.69) is 28.3 Å². The van der Waals surface area contributed by atoms with E-state index >= 15 is 0 Å². The van der Waals surface area contributed by atoms with Crippen molar-refractivity contribution in [1.82, 2.24) is 0 Å². The average Bonchev–Trinajstić information content (AvgIpc) is 1.89. The Balaban J connectivity index is 3.49. The molecule has 0 N–H and O–H groups in total. The van der Waals surface area contributed by atoms with Crippen molar-refractivity contribution >= 4 is 13.0 Å². The molecule has 0 nitrogen and oxygen atoms in total. The van der Waals surface area contributed by atoms with E-state index in [9.17, 15) is 0 Å². The van der Waals surface area contributed by atoms with Crippen molar-refractivity contribution in [2.45, 2.75) is 46.5 Å². The Morgan fingerprint density at radius 1 is 1.30 bits per heavy atom. The van der Waals surface area contributed by atoms with E-state index in [4.69, 9.17) is 0 Å². The number of hydrogen-bond acceptors (Lipinski definition) is 0. The van der Waals surface area contributed by atoms with Crippen molar-refractivity contribution in [2.24, 2.45) is 5.92 Å². The normalized spacial score (nSPS) is 13.0. The van der Waals surface area contributed by atoms with Crippen LogP contribution < -0.4 is 0 Å². The van der Waals surface area contributed by atoms with Gasteiger partial charge in [0.25, 0.3) is 0 Å². The Morgan fingerprint density at radius 2 is 1.90 bits per heavy atom. The topological polar surface area (TPSA) is 0 Å². The fraction of sp³-hybridized carbons (Fsp3) is 0.889. The van der Waals surface area contributed by atoms with Crippen LogP contribution in [-0.2, 0) is 0 Å². The minimum atomic E-state index is 0.741. The fourth-order valence-corrected chi connectivity index (χ4v) is 1.20. The number of hydrogen-bond donors (Lipinski definition) is 0. The van der Waals surface area contributed by atoms with Crippen LogP contribution in [0.2, 0.25) is 0 Å². The van der Waals surface area contributed by atoms with E-state index in [0.717, 1.165) is 5.92 Å². The third kappa shape index (κ3) is 3.87. The summed E-state index contributed by atoms with van der Waals surface area (Å²) < 4.78 is 0. The number of rotatable bonds is 5. The second-order valence-corrected chi connectivity index (χ2v) is 3.10. The van der Waals surface area contributed by atoms with Gasteiger partial charge in [-0.3, -0.25) is 0 Å². The quantitative estimate of drug-likeness (QED) is 0.511. The monoisotopic (exact) mass is 138 g/mol. The van der Waals surface area contributed by atoms with Gasteiger partial charge in [0.1, 0.15) is 0 Å². The van der Waals surface area contributed by atoms with E-state index in [1.807, 2.05) is 0 Å². The van der Waals surface area contributed by atoms with Crippen molar-refractivity contribution in [3.8, 4) is 0 Å². The molecule has 0 aromatic rings. The molecular formula is C9H19B. The maximum atomic E-state index is 4.06. The standard InChI is InChI=1S/C9H19B/c1-4-6-8(3)9(10)7-5-2/h8,10H,4-7H2,1-3H3. The minimum absolute atomic E-state index is 0.741. The molecule has 1 heteroatoms. The maximum absolute atomic E-state index is 4.06. The van der Waals surface area contributed by atoms with Gasteiger partial charge < -0.3 is 0 Å². The van der Waals surface area contributed by atoms with Crippen LogP contribution in [0.25, 0.3) is 0 Å². The van der Waals surface area contributed by atoms with Gasteiger partial charge in [-0.15, -0.1) is 0 Å². The van der Waals surface area contributed by atoms with E-state index in [0.29, 0.717) is 0 Å². The van der Waals surface area contributed by atoms with Crippen LogP contribution in [0.3, 0.4) is 0 Å². The summed E-state index contributed by atoms with van der Waals surface area (Å²) >= 11 is 0. The van der Waals surface area contributed by atoms with Crippen LogP contribution in [0.1, 0.15) is 46.5 Å². The van der Waals surface area contributed by atoms with Crippen molar-refractivity contribution in [2.75, 3.05) is 0 Å². The van der Waals surface area contributed by atoms with Crippen LogP contribution in [0.15, 0.2) is 0 Å². The molecule has 0 radical (unpaired) electrons. The van der Waals surface area contributed by atoms with E-state index < -0.39 is 0 Å². The molecule has 0 saturated carbocycles. The van der Waals surface area contributed by atoms with Gasteiger partial charge in [0, 0.05) is 0 Å². The summed E-state index contributed by atoms with van der Waals surface area (Å²) in [4.78, 5) is 0. The van der Waals surface area contributed by atoms with Gasteiger partial charge in [-0.1, -0.05) is 0 Å². The second kappa shape index (κ2) is 5.70. The average molecular weight is 138 g/mol. The molecular weight excluding hydrogens is 119 g/mol. The zero-order valence-electron chi connectivity index (χ0n) is 7.61. The van der Waals surface area contributed by atoms with Crippen LogP contribution in [0, 0.1) is 5.92 Å². The molecule has 10 heavy (non-hydrogen) atoms. The molecule has 0 aromatic heterocycles. The predicted molar refractivity (Wildman–Crippen MR) is 51.1 cm³/mol. The molecule has 58 valence electrons. The van der Waals surface area contributed by atoms with Crippen LogP contribution >= 0.6 is 0 Å². The van der Waals surface area contributed by atoms with Gasteiger partial charge in [0.15, 0.2) is 0 Å². The van der Waals surface area contributed by atoms with Gasteiger partial charge in [-0.2, -0.15) is 0 Å². The third-order valence-corrected chi connectivity index (χ3v) is 1.99. The molecule has 0 amide bonds. The zero-order chi connectivity index (χ0) is 7.98. The molecule has 0 fully saturated rings. The van der Waals surface area contributed by atoms with Crippen molar-refractivity contribution < 1.29 is 0 Å². The summed E-state index contributed by atoms with van der Waals surface area (Å²) in [7, 11) is 4.06. The van der Waals surface area contributed by atoms with Gasteiger partial charge >= 0.3 is 65.3 Å². The van der Waals surface area contributed by atoms with Crippen molar-refractivity contribution in [1.29, 1.82) is 0 Å². The summed E-state index contributed by atoms with van der Waals surface area (Å²) in [5.74, 6) is 0.741. The zero-order valence-corrected chi connectivity index (χ0v) is 7.61. The first-order valence-corrected chi connectivity index (χ1v) is 4.40. The van der Waals surface area contributed by atoms with Gasteiger partial charge in [0.05, 0.1) is 0 Å². The molecule has 0 spiro atoms. The summed E-state index contributed by atoms with van der Waals surface area (Å²) in [5, 5.41) is 0. The van der Waals surface area contributed by atoms with Gasteiger partial charge in [-0.25, -0.2) is 0 Å². The SMILES string of the molecule is B=C(CCC)C(C)CCC. The van der Waals surface area contributed by atoms with Crippen LogP contribution in [-0.4, -0.2) is 13.0 Å². The predicted octanol–water partition coefficient (Wildman–Crippen LogP) is 2.30. The summed E-state index contributed by atoms with van der Waals surface area (Å²) in [6.07, 6.45) is 5.04. The summed E-state index contributed by atoms with van der Waals surface area (Å²) in [6.45, 7) is 6.72. The van der Waals surface area contributed by atoms with Gasteiger partial charge in [-0.05, 0) is 0 Å². The Morgan fingerprint density at radius 3 is 2.30 bits per heavy atom. The Hall–Kier alpha value is -0.0651. The second-order valence-electron chi connectivity index (χ2n) is 3.10. The fourth-order valence-electron chi connectivity index (χ4n) is 1.20. The summed E-state index contributed by atoms with van der Waals surface area (Å²) in [6, 6.07) is 0.